The van der Waals surface area contributed by atoms with E-state index in [4.69, 9.17) is 0 Å². The molecule has 0 spiro atoms. The molecule has 0 saturated heterocycles. The van der Waals surface area contributed by atoms with E-state index in [1.807, 2.05) is 50.2 Å². The molecule has 2 aromatic carbocycles. The van der Waals surface area contributed by atoms with Gasteiger partial charge in [0.2, 0.25) is 0 Å². The van der Waals surface area contributed by atoms with E-state index in [9.17, 15) is 14.7 Å². The number of benzene rings is 2. The van der Waals surface area contributed by atoms with Gasteiger partial charge in [0.05, 0.1) is 17.4 Å². The van der Waals surface area contributed by atoms with E-state index < -0.39 is 5.97 Å². The van der Waals surface area contributed by atoms with Crippen LogP contribution in [0.3, 0.4) is 0 Å². The molecule has 0 unspecified atom stereocenters. The Morgan fingerprint density at radius 3 is 2.15 bits per heavy atom. The molecule has 0 atom stereocenters. The molecule has 3 aromatic rings. The number of aromatic carboxylic acids is 1. The van der Waals surface area contributed by atoms with Crippen LogP contribution in [-0.2, 0) is 0 Å². The highest BCUT2D eigenvalue weighted by Gasteiger charge is 2.18. The Kier molecular flexibility index (Phi) is 5.03. The van der Waals surface area contributed by atoms with Gasteiger partial charge < -0.3 is 10.0 Å². The molecule has 3 rings (SSSR count). The zero-order valence-electron chi connectivity index (χ0n) is 15.4. The van der Waals surface area contributed by atoms with E-state index >= 15 is 0 Å². The molecule has 1 amide bonds. The van der Waals surface area contributed by atoms with Crippen LogP contribution in [0.4, 0.5) is 5.69 Å². The van der Waals surface area contributed by atoms with Crippen molar-refractivity contribution in [2.45, 2.75) is 13.8 Å². The third kappa shape index (κ3) is 4.03. The molecule has 0 fully saturated rings. The average molecular weight is 360 g/mol. The molecule has 27 heavy (non-hydrogen) atoms. The van der Waals surface area contributed by atoms with Crippen molar-refractivity contribution in [2.75, 3.05) is 11.9 Å². The Morgan fingerprint density at radius 1 is 0.889 bits per heavy atom. The van der Waals surface area contributed by atoms with Crippen LogP contribution in [-0.4, -0.2) is 29.0 Å². The van der Waals surface area contributed by atoms with Gasteiger partial charge in [-0.15, -0.1) is 0 Å². The SMILES string of the molecule is Cc1ccc(-c2cc(C(=O)O)cc(C(=O)N(C)c3ccc(C)nc3)c2)cc1. The average Bonchev–Trinajstić information content (AvgIpc) is 2.67. The molecular weight excluding hydrogens is 340 g/mol. The van der Waals surface area contributed by atoms with E-state index in [0.717, 1.165) is 16.8 Å². The summed E-state index contributed by atoms with van der Waals surface area (Å²) in [7, 11) is 1.65. The van der Waals surface area contributed by atoms with E-state index in [0.29, 0.717) is 16.8 Å². The van der Waals surface area contributed by atoms with Crippen LogP contribution in [0.25, 0.3) is 11.1 Å². The quantitative estimate of drug-likeness (QED) is 0.751. The second-order valence-electron chi connectivity index (χ2n) is 6.49. The number of aromatic nitrogens is 1. The summed E-state index contributed by atoms with van der Waals surface area (Å²) in [5.41, 5.74) is 4.54. The number of hydrogen-bond donors (Lipinski definition) is 1. The lowest BCUT2D eigenvalue weighted by molar-refractivity contribution is 0.0697. The lowest BCUT2D eigenvalue weighted by Crippen LogP contribution is -2.26. The summed E-state index contributed by atoms with van der Waals surface area (Å²) >= 11 is 0. The van der Waals surface area contributed by atoms with Gasteiger partial charge in [0, 0.05) is 18.3 Å². The second-order valence-corrected chi connectivity index (χ2v) is 6.49. The van der Waals surface area contributed by atoms with Crippen molar-refractivity contribution in [1.29, 1.82) is 0 Å². The molecule has 5 heteroatoms. The third-order valence-corrected chi connectivity index (χ3v) is 4.40. The normalized spacial score (nSPS) is 10.5. The first kappa shape index (κ1) is 18.3. The van der Waals surface area contributed by atoms with Crippen molar-refractivity contribution in [3.63, 3.8) is 0 Å². The number of carboxylic acid groups (broad SMARTS) is 1. The molecule has 0 saturated carbocycles. The number of aryl methyl sites for hydroxylation is 2. The summed E-state index contributed by atoms with van der Waals surface area (Å²) in [5, 5.41) is 9.46. The second kappa shape index (κ2) is 7.41. The number of pyridine rings is 1. The molecular formula is C22H20N2O3. The third-order valence-electron chi connectivity index (χ3n) is 4.40. The summed E-state index contributed by atoms with van der Waals surface area (Å²) in [4.78, 5) is 30.2. The predicted molar refractivity (Wildman–Crippen MR) is 105 cm³/mol. The number of carboxylic acids is 1. The number of amides is 1. The molecule has 136 valence electrons. The minimum absolute atomic E-state index is 0.0758. The fourth-order valence-electron chi connectivity index (χ4n) is 2.76. The van der Waals surface area contributed by atoms with Crippen LogP contribution in [0.5, 0.6) is 0 Å². The highest BCUT2D eigenvalue weighted by atomic mass is 16.4. The van der Waals surface area contributed by atoms with Crippen molar-refractivity contribution >= 4 is 17.6 Å². The van der Waals surface area contributed by atoms with Gasteiger partial charge in [-0.3, -0.25) is 9.78 Å². The summed E-state index contributed by atoms with van der Waals surface area (Å²) in [6.07, 6.45) is 1.62. The van der Waals surface area contributed by atoms with E-state index in [2.05, 4.69) is 4.98 Å². The highest BCUT2D eigenvalue weighted by Crippen LogP contribution is 2.25. The van der Waals surface area contributed by atoms with Crippen molar-refractivity contribution in [3.05, 3.63) is 83.2 Å². The monoisotopic (exact) mass is 360 g/mol. The Labute approximate surface area is 157 Å². The smallest absolute Gasteiger partial charge is 0.335 e. The van der Waals surface area contributed by atoms with Crippen LogP contribution in [0.2, 0.25) is 0 Å². The minimum atomic E-state index is -1.07. The summed E-state index contributed by atoms with van der Waals surface area (Å²) < 4.78 is 0. The van der Waals surface area contributed by atoms with Crippen LogP contribution in [0.1, 0.15) is 32.0 Å². The number of nitrogens with zero attached hydrogens (tertiary/aromatic N) is 2. The van der Waals surface area contributed by atoms with Crippen LogP contribution >= 0.6 is 0 Å². The summed E-state index contributed by atoms with van der Waals surface area (Å²) in [6.45, 7) is 3.85. The molecule has 5 nitrogen and oxygen atoms in total. The fourth-order valence-corrected chi connectivity index (χ4v) is 2.76. The van der Waals surface area contributed by atoms with Crippen LogP contribution in [0, 0.1) is 13.8 Å². The maximum Gasteiger partial charge on any atom is 0.335 e. The lowest BCUT2D eigenvalue weighted by Gasteiger charge is -2.18. The molecule has 1 heterocycles. The van der Waals surface area contributed by atoms with Gasteiger partial charge in [-0.2, -0.15) is 0 Å². The molecule has 0 aliphatic heterocycles. The molecule has 0 radical (unpaired) electrons. The van der Waals surface area contributed by atoms with Crippen molar-refractivity contribution < 1.29 is 14.7 Å². The fraction of sp³-hybridized carbons (Fsp3) is 0.136. The molecule has 0 bridgehead atoms. The topological polar surface area (TPSA) is 70.5 Å². The van der Waals surface area contributed by atoms with E-state index in [1.165, 1.54) is 11.0 Å². The Hall–Kier alpha value is -3.47. The molecule has 0 aliphatic rings. The highest BCUT2D eigenvalue weighted by molar-refractivity contribution is 6.07. The van der Waals surface area contributed by atoms with Crippen molar-refractivity contribution in [2.24, 2.45) is 0 Å². The Morgan fingerprint density at radius 2 is 1.56 bits per heavy atom. The van der Waals surface area contributed by atoms with Gasteiger partial charge in [0.1, 0.15) is 0 Å². The van der Waals surface area contributed by atoms with Gasteiger partial charge in [-0.25, -0.2) is 4.79 Å². The molecule has 0 aliphatic carbocycles. The number of anilines is 1. The van der Waals surface area contributed by atoms with Crippen molar-refractivity contribution in [3.8, 4) is 11.1 Å². The van der Waals surface area contributed by atoms with E-state index in [1.54, 1.807) is 25.4 Å². The molecule has 1 aromatic heterocycles. The van der Waals surface area contributed by atoms with Gasteiger partial charge in [0.15, 0.2) is 0 Å². The zero-order chi connectivity index (χ0) is 19.6. The largest absolute Gasteiger partial charge is 0.478 e. The van der Waals surface area contributed by atoms with Gasteiger partial charge in [-0.1, -0.05) is 29.8 Å². The number of hydrogen-bond acceptors (Lipinski definition) is 3. The van der Waals surface area contributed by atoms with E-state index in [-0.39, 0.29) is 11.5 Å². The maximum absolute atomic E-state index is 12.9. The van der Waals surface area contributed by atoms with Gasteiger partial charge >= 0.3 is 5.97 Å². The van der Waals surface area contributed by atoms with Crippen LogP contribution in [0.15, 0.2) is 60.8 Å². The standard InChI is InChI=1S/C22H20N2O3/c1-14-4-7-16(8-5-14)17-10-18(12-19(11-17)22(26)27)21(25)24(3)20-9-6-15(2)23-13-20/h4-13H,1-3H3,(H,26,27). The first-order valence-electron chi connectivity index (χ1n) is 8.51. The van der Waals surface area contributed by atoms with Gasteiger partial charge in [0.25, 0.3) is 5.91 Å². The first-order chi connectivity index (χ1) is 12.8. The minimum Gasteiger partial charge on any atom is -0.478 e. The summed E-state index contributed by atoms with van der Waals surface area (Å²) in [6, 6.07) is 16.1. The lowest BCUT2D eigenvalue weighted by atomic mass is 9.98. The zero-order valence-corrected chi connectivity index (χ0v) is 15.4. The first-order valence-corrected chi connectivity index (χ1v) is 8.51. The van der Waals surface area contributed by atoms with Crippen molar-refractivity contribution in [1.82, 2.24) is 4.98 Å². The number of carbonyl (C=O) groups excluding carboxylic acids is 1. The molecule has 1 N–H and O–H groups in total. The maximum atomic E-state index is 12.9. The predicted octanol–water partition coefficient (Wildman–Crippen LogP) is 4.34. The number of carbonyl (C=O) groups is 2. The Balaban J connectivity index is 2.03. The van der Waals surface area contributed by atoms with Crippen LogP contribution < -0.4 is 4.90 Å². The summed E-state index contributed by atoms with van der Waals surface area (Å²) in [5.74, 6) is -1.37. The Bertz CT molecular complexity index is 993. The van der Waals surface area contributed by atoms with Gasteiger partial charge in [-0.05, 0) is 55.3 Å². The number of rotatable bonds is 4.